The maximum atomic E-state index is 12.5. The molecule has 150 valence electrons. The lowest BCUT2D eigenvalue weighted by atomic mass is 10.0. The molecule has 1 aliphatic rings. The molecule has 3 N–H and O–H groups in total. The maximum Gasteiger partial charge on any atom is 0.325 e. The van der Waals surface area contributed by atoms with Crippen LogP contribution in [0.1, 0.15) is 22.0 Å². The number of carboxylic acid groups (broad SMARTS) is 1. The number of carbonyl (C=O) groups excluding carboxylic acids is 1. The molecular formula is C22H24N4O3. The van der Waals surface area contributed by atoms with Gasteiger partial charge in [0.15, 0.2) is 0 Å². The molecule has 1 fully saturated rings. The minimum Gasteiger partial charge on any atom is -0.480 e. The number of carboxylic acids is 1. The standard InChI is InChI=1S/C22H24N4O3/c1-25-9-11-26(12-10-25)20(22(28)29)18-14-23-19-8-7-16(13-17(18)19)24-21(27)15-5-3-2-4-6-15/h2-8,13-14,20,23H,9-12H2,1H3,(H,24,27)(H,28,29)/t20-/m1/s1. The van der Waals surface area contributed by atoms with Crippen LogP contribution >= 0.6 is 0 Å². The zero-order valence-electron chi connectivity index (χ0n) is 16.3. The van der Waals surface area contributed by atoms with Crippen molar-refractivity contribution in [1.29, 1.82) is 0 Å². The Morgan fingerprint density at radius 2 is 1.79 bits per heavy atom. The number of H-pyrrole nitrogens is 1. The van der Waals surface area contributed by atoms with Gasteiger partial charge >= 0.3 is 5.97 Å². The van der Waals surface area contributed by atoms with Crippen LogP contribution in [0.15, 0.2) is 54.7 Å². The number of amides is 1. The number of nitrogens with one attached hydrogen (secondary N) is 2. The van der Waals surface area contributed by atoms with E-state index in [1.54, 1.807) is 18.3 Å². The van der Waals surface area contributed by atoms with Crippen LogP contribution in [0.25, 0.3) is 10.9 Å². The number of aromatic nitrogens is 1. The predicted molar refractivity (Wildman–Crippen MR) is 112 cm³/mol. The average molecular weight is 392 g/mol. The molecule has 1 aromatic heterocycles. The Kier molecular flexibility index (Phi) is 5.33. The number of benzene rings is 2. The maximum absolute atomic E-state index is 12.5. The number of hydrogen-bond donors (Lipinski definition) is 3. The van der Waals surface area contributed by atoms with Crippen LogP contribution in [0.2, 0.25) is 0 Å². The third-order valence-electron chi connectivity index (χ3n) is 5.44. The van der Waals surface area contributed by atoms with Crippen LogP contribution in [-0.4, -0.2) is 65.0 Å². The number of anilines is 1. The second-order valence-corrected chi connectivity index (χ2v) is 7.40. The number of aliphatic carboxylic acids is 1. The molecule has 1 amide bonds. The Labute approximate surface area is 168 Å². The second kappa shape index (κ2) is 8.06. The van der Waals surface area contributed by atoms with Crippen molar-refractivity contribution >= 4 is 28.5 Å². The van der Waals surface area contributed by atoms with E-state index in [0.717, 1.165) is 24.0 Å². The van der Waals surface area contributed by atoms with Gasteiger partial charge in [-0.1, -0.05) is 18.2 Å². The van der Waals surface area contributed by atoms with Gasteiger partial charge in [0.25, 0.3) is 5.91 Å². The first kappa shape index (κ1) is 19.2. The number of carbonyl (C=O) groups is 2. The van der Waals surface area contributed by atoms with Crippen molar-refractivity contribution < 1.29 is 14.7 Å². The lowest BCUT2D eigenvalue weighted by molar-refractivity contribution is -0.144. The largest absolute Gasteiger partial charge is 0.480 e. The summed E-state index contributed by atoms with van der Waals surface area (Å²) in [6, 6.07) is 13.8. The van der Waals surface area contributed by atoms with Gasteiger partial charge in [0.1, 0.15) is 6.04 Å². The summed E-state index contributed by atoms with van der Waals surface area (Å²) in [6.07, 6.45) is 1.77. The van der Waals surface area contributed by atoms with Gasteiger partial charge in [-0.3, -0.25) is 14.5 Å². The van der Waals surface area contributed by atoms with E-state index >= 15 is 0 Å². The van der Waals surface area contributed by atoms with E-state index in [4.69, 9.17) is 0 Å². The number of likely N-dealkylation sites (N-methyl/N-ethyl adjacent to an activating group) is 1. The van der Waals surface area contributed by atoms with Gasteiger partial charge in [-0.25, -0.2) is 0 Å². The van der Waals surface area contributed by atoms with E-state index in [0.29, 0.717) is 29.9 Å². The predicted octanol–water partition coefficient (Wildman–Crippen LogP) is 2.79. The first-order valence-corrected chi connectivity index (χ1v) is 9.66. The number of piperazine rings is 1. The van der Waals surface area contributed by atoms with Crippen LogP contribution in [0.3, 0.4) is 0 Å². The van der Waals surface area contributed by atoms with E-state index in [1.807, 2.05) is 48.3 Å². The highest BCUT2D eigenvalue weighted by Crippen LogP contribution is 2.31. The first-order chi connectivity index (χ1) is 14.0. The summed E-state index contributed by atoms with van der Waals surface area (Å²) in [5, 5.41) is 13.7. The topological polar surface area (TPSA) is 88.7 Å². The second-order valence-electron chi connectivity index (χ2n) is 7.40. The van der Waals surface area contributed by atoms with Gasteiger partial charge in [-0.05, 0) is 37.4 Å². The van der Waals surface area contributed by atoms with Crippen molar-refractivity contribution in [2.45, 2.75) is 6.04 Å². The zero-order valence-corrected chi connectivity index (χ0v) is 16.3. The summed E-state index contributed by atoms with van der Waals surface area (Å²) in [5.74, 6) is -1.06. The quantitative estimate of drug-likeness (QED) is 0.621. The Hall–Kier alpha value is -3.16. The molecule has 1 aliphatic heterocycles. The molecule has 1 atom stereocenters. The van der Waals surface area contributed by atoms with Gasteiger partial charge in [0, 0.05) is 60.1 Å². The van der Waals surface area contributed by atoms with Gasteiger partial charge in [-0.15, -0.1) is 0 Å². The molecule has 7 heteroatoms. The SMILES string of the molecule is CN1CCN([C@@H](C(=O)O)c2c[nH]c3ccc(NC(=O)c4ccccc4)cc23)CC1. The molecule has 0 spiro atoms. The fourth-order valence-electron chi connectivity index (χ4n) is 3.81. The van der Waals surface area contributed by atoms with E-state index in [2.05, 4.69) is 15.2 Å². The fourth-order valence-corrected chi connectivity index (χ4v) is 3.81. The highest BCUT2D eigenvalue weighted by molar-refractivity contribution is 6.05. The van der Waals surface area contributed by atoms with Gasteiger partial charge < -0.3 is 20.3 Å². The first-order valence-electron chi connectivity index (χ1n) is 9.66. The molecule has 0 bridgehead atoms. The molecule has 1 saturated heterocycles. The summed E-state index contributed by atoms with van der Waals surface area (Å²) in [6.45, 7) is 3.07. The van der Waals surface area contributed by atoms with Crippen molar-refractivity contribution in [3.63, 3.8) is 0 Å². The fraction of sp³-hybridized carbons (Fsp3) is 0.273. The summed E-state index contributed by atoms with van der Waals surface area (Å²) >= 11 is 0. The van der Waals surface area contributed by atoms with E-state index in [-0.39, 0.29) is 5.91 Å². The number of rotatable bonds is 5. The van der Waals surface area contributed by atoms with E-state index < -0.39 is 12.0 Å². The Balaban J connectivity index is 1.64. The molecule has 0 unspecified atom stereocenters. The van der Waals surface area contributed by atoms with Gasteiger partial charge in [0.2, 0.25) is 0 Å². The van der Waals surface area contributed by atoms with E-state index in [1.165, 1.54) is 0 Å². The minimum atomic E-state index is -0.867. The summed E-state index contributed by atoms with van der Waals surface area (Å²) < 4.78 is 0. The van der Waals surface area contributed by atoms with Crippen LogP contribution in [0, 0.1) is 0 Å². The van der Waals surface area contributed by atoms with Gasteiger partial charge in [-0.2, -0.15) is 0 Å². The van der Waals surface area contributed by atoms with Crippen LogP contribution in [0.5, 0.6) is 0 Å². The number of hydrogen-bond acceptors (Lipinski definition) is 4. The molecule has 0 aliphatic carbocycles. The third-order valence-corrected chi connectivity index (χ3v) is 5.44. The monoisotopic (exact) mass is 392 g/mol. The van der Waals surface area contributed by atoms with Crippen molar-refractivity contribution in [3.05, 3.63) is 65.9 Å². The molecule has 0 radical (unpaired) electrons. The highest BCUT2D eigenvalue weighted by atomic mass is 16.4. The normalized spacial score (nSPS) is 16.6. The molecular weight excluding hydrogens is 368 g/mol. The van der Waals surface area contributed by atoms with Crippen molar-refractivity contribution in [1.82, 2.24) is 14.8 Å². The van der Waals surface area contributed by atoms with Crippen molar-refractivity contribution in [2.75, 3.05) is 38.5 Å². The van der Waals surface area contributed by atoms with Crippen molar-refractivity contribution in [2.24, 2.45) is 0 Å². The Morgan fingerprint density at radius 3 is 2.48 bits per heavy atom. The lowest BCUT2D eigenvalue weighted by Gasteiger charge is -2.36. The van der Waals surface area contributed by atoms with Crippen LogP contribution in [0.4, 0.5) is 5.69 Å². The summed E-state index contributed by atoms with van der Waals surface area (Å²) in [4.78, 5) is 32.0. The minimum absolute atomic E-state index is 0.198. The average Bonchev–Trinajstić information content (AvgIpc) is 3.13. The Morgan fingerprint density at radius 1 is 1.07 bits per heavy atom. The molecule has 0 saturated carbocycles. The Bertz CT molecular complexity index is 1020. The molecule has 3 aromatic rings. The molecule has 2 heterocycles. The zero-order chi connectivity index (χ0) is 20.4. The number of aromatic amines is 1. The highest BCUT2D eigenvalue weighted by Gasteiger charge is 2.31. The van der Waals surface area contributed by atoms with Crippen LogP contribution in [-0.2, 0) is 4.79 Å². The van der Waals surface area contributed by atoms with Crippen LogP contribution < -0.4 is 5.32 Å². The van der Waals surface area contributed by atoms with E-state index in [9.17, 15) is 14.7 Å². The molecule has 7 nitrogen and oxygen atoms in total. The van der Waals surface area contributed by atoms with Gasteiger partial charge in [0.05, 0.1) is 0 Å². The molecule has 2 aromatic carbocycles. The lowest BCUT2D eigenvalue weighted by Crippen LogP contribution is -2.47. The molecule has 29 heavy (non-hydrogen) atoms. The number of fused-ring (bicyclic) bond motifs is 1. The number of nitrogens with zero attached hydrogens (tertiary/aromatic N) is 2. The molecule has 4 rings (SSSR count). The smallest absolute Gasteiger partial charge is 0.325 e. The summed E-state index contributed by atoms with van der Waals surface area (Å²) in [5.41, 5.74) is 2.77. The summed E-state index contributed by atoms with van der Waals surface area (Å²) in [7, 11) is 2.04. The van der Waals surface area contributed by atoms with Crippen molar-refractivity contribution in [3.8, 4) is 0 Å². The third kappa shape index (κ3) is 4.01.